The zero-order valence-electron chi connectivity index (χ0n) is 23.0. The highest BCUT2D eigenvalue weighted by Crippen LogP contribution is 2.30. The third-order valence-electron chi connectivity index (χ3n) is 7.05. The van der Waals surface area contributed by atoms with Gasteiger partial charge in [-0.15, -0.1) is 0 Å². The second-order valence-corrected chi connectivity index (χ2v) is 10.3. The summed E-state index contributed by atoms with van der Waals surface area (Å²) in [5, 5.41) is 9.42. The minimum absolute atomic E-state index is 0.0829. The van der Waals surface area contributed by atoms with E-state index < -0.39 is 0 Å². The molecule has 0 bridgehead atoms. The van der Waals surface area contributed by atoms with Gasteiger partial charge in [0.05, 0.1) is 52.2 Å². The summed E-state index contributed by atoms with van der Waals surface area (Å²) in [4.78, 5) is 25.1. The third kappa shape index (κ3) is 9.39. The van der Waals surface area contributed by atoms with Crippen LogP contribution in [0.4, 0.5) is 5.69 Å². The summed E-state index contributed by atoms with van der Waals surface area (Å²) >= 11 is 0. The Kier molecular flexibility index (Phi) is 11.2. The van der Waals surface area contributed by atoms with Crippen LogP contribution in [0.25, 0.3) is 0 Å². The van der Waals surface area contributed by atoms with E-state index in [9.17, 15) is 9.59 Å². The summed E-state index contributed by atoms with van der Waals surface area (Å²) < 4.78 is 16.7. The van der Waals surface area contributed by atoms with Crippen molar-refractivity contribution in [3.05, 3.63) is 59.2 Å². The number of amides is 1. The average molecular weight is 536 g/mol. The van der Waals surface area contributed by atoms with Crippen LogP contribution in [0.15, 0.2) is 47.6 Å². The van der Waals surface area contributed by atoms with Gasteiger partial charge in [-0.05, 0) is 48.2 Å². The van der Waals surface area contributed by atoms with Crippen molar-refractivity contribution >= 4 is 23.8 Å². The molecule has 1 fully saturated rings. The van der Waals surface area contributed by atoms with Gasteiger partial charge in [0, 0.05) is 17.2 Å². The molecule has 1 saturated heterocycles. The topological polar surface area (TPSA) is 89.5 Å². The van der Waals surface area contributed by atoms with Crippen LogP contribution in [0.1, 0.15) is 73.4 Å². The van der Waals surface area contributed by atoms with E-state index in [1.807, 2.05) is 41.6 Å². The largest absolute Gasteiger partial charge is 0.493 e. The fourth-order valence-corrected chi connectivity index (χ4v) is 4.74. The van der Waals surface area contributed by atoms with Crippen molar-refractivity contribution in [3.8, 4) is 5.75 Å². The van der Waals surface area contributed by atoms with Crippen LogP contribution in [-0.2, 0) is 20.7 Å². The first kappa shape index (κ1) is 28.6. The van der Waals surface area contributed by atoms with Crippen molar-refractivity contribution in [1.82, 2.24) is 5.01 Å². The molecule has 0 aromatic heterocycles. The Balaban J connectivity index is 1.20. The number of anilines is 1. The van der Waals surface area contributed by atoms with Crippen molar-refractivity contribution in [1.29, 1.82) is 0 Å². The molecule has 2 heterocycles. The second kappa shape index (κ2) is 15.3. The highest BCUT2D eigenvalue weighted by atomic mass is 16.5. The minimum atomic E-state index is -0.198. The van der Waals surface area contributed by atoms with Gasteiger partial charge >= 0.3 is 5.97 Å². The molecular formula is C31H41N3O5. The van der Waals surface area contributed by atoms with Crippen molar-refractivity contribution in [2.75, 3.05) is 44.8 Å². The molecule has 210 valence electrons. The van der Waals surface area contributed by atoms with Gasteiger partial charge in [0.1, 0.15) is 5.75 Å². The molecule has 2 aliphatic rings. The van der Waals surface area contributed by atoms with Crippen LogP contribution in [0.5, 0.6) is 5.75 Å². The van der Waals surface area contributed by atoms with E-state index in [4.69, 9.17) is 14.2 Å². The molecule has 2 aromatic rings. The van der Waals surface area contributed by atoms with E-state index in [0.29, 0.717) is 49.8 Å². The molecule has 2 aromatic carbocycles. The number of benzene rings is 2. The van der Waals surface area contributed by atoms with E-state index in [1.165, 1.54) is 25.7 Å². The standard InChI is InChI=1S/C31H41N3O5/c1-2-3-4-5-6-7-16-38-30(35)20-25-19-26-10-11-27(21-29(26)39-23-25)31(36)33-28-12-8-24(9-13-28)22-32-34-14-17-37-18-15-34/h8-13,21-22,25H,2-7,14-20,23H2,1H3,(H,33,36)/b32-22+. The summed E-state index contributed by atoms with van der Waals surface area (Å²) in [6.45, 7) is 6.13. The van der Waals surface area contributed by atoms with Crippen LogP contribution >= 0.6 is 0 Å². The molecular weight excluding hydrogens is 494 g/mol. The Morgan fingerprint density at radius 2 is 1.82 bits per heavy atom. The number of hydrazone groups is 1. The first-order chi connectivity index (χ1) is 19.1. The lowest BCUT2D eigenvalue weighted by molar-refractivity contribution is -0.145. The van der Waals surface area contributed by atoms with E-state index in [1.54, 1.807) is 12.1 Å². The molecule has 1 N–H and O–H groups in total. The summed E-state index contributed by atoms with van der Waals surface area (Å²) in [5.74, 6) is 0.431. The number of nitrogens with zero attached hydrogens (tertiary/aromatic N) is 2. The van der Waals surface area contributed by atoms with Gasteiger partial charge in [-0.25, -0.2) is 0 Å². The van der Waals surface area contributed by atoms with E-state index in [-0.39, 0.29) is 17.8 Å². The normalized spacial score (nSPS) is 16.9. The van der Waals surface area contributed by atoms with Crippen LogP contribution < -0.4 is 10.1 Å². The van der Waals surface area contributed by atoms with Gasteiger partial charge in [0.15, 0.2) is 0 Å². The zero-order chi connectivity index (χ0) is 27.3. The Bertz CT molecular complexity index is 1100. The van der Waals surface area contributed by atoms with Gasteiger partial charge in [0.25, 0.3) is 5.91 Å². The summed E-state index contributed by atoms with van der Waals surface area (Å²) in [7, 11) is 0. The first-order valence-corrected chi connectivity index (χ1v) is 14.3. The van der Waals surface area contributed by atoms with Gasteiger partial charge in [0.2, 0.25) is 0 Å². The van der Waals surface area contributed by atoms with Gasteiger partial charge in [-0.1, -0.05) is 57.2 Å². The van der Waals surface area contributed by atoms with E-state index >= 15 is 0 Å². The number of unbranched alkanes of at least 4 members (excludes halogenated alkanes) is 5. The fraction of sp³-hybridized carbons (Fsp3) is 0.516. The second-order valence-electron chi connectivity index (χ2n) is 10.3. The molecule has 4 rings (SSSR count). The molecule has 1 atom stereocenters. The van der Waals surface area contributed by atoms with Crippen molar-refractivity contribution in [2.24, 2.45) is 11.0 Å². The number of hydrogen-bond donors (Lipinski definition) is 1. The summed E-state index contributed by atoms with van der Waals surface area (Å²) in [6, 6.07) is 13.1. The van der Waals surface area contributed by atoms with Crippen molar-refractivity contribution < 1.29 is 23.8 Å². The highest BCUT2D eigenvalue weighted by Gasteiger charge is 2.24. The molecule has 39 heavy (non-hydrogen) atoms. The van der Waals surface area contributed by atoms with Crippen LogP contribution in [0.2, 0.25) is 0 Å². The number of ether oxygens (including phenoxy) is 3. The molecule has 8 heteroatoms. The van der Waals surface area contributed by atoms with Gasteiger partial charge < -0.3 is 19.5 Å². The third-order valence-corrected chi connectivity index (χ3v) is 7.05. The minimum Gasteiger partial charge on any atom is -0.493 e. The molecule has 1 amide bonds. The lowest BCUT2D eigenvalue weighted by atomic mass is 9.93. The number of esters is 1. The SMILES string of the molecule is CCCCCCCCOC(=O)CC1COc2cc(C(=O)Nc3ccc(/C=N/N4CCOCC4)cc3)ccc2C1. The first-order valence-electron chi connectivity index (χ1n) is 14.3. The number of carbonyl (C=O) groups is 2. The smallest absolute Gasteiger partial charge is 0.306 e. The van der Waals surface area contributed by atoms with Crippen LogP contribution in [0.3, 0.4) is 0 Å². The molecule has 0 aliphatic carbocycles. The van der Waals surface area contributed by atoms with Crippen molar-refractivity contribution in [2.45, 2.75) is 58.3 Å². The van der Waals surface area contributed by atoms with Gasteiger partial charge in [-0.3, -0.25) is 14.6 Å². The molecule has 0 saturated carbocycles. The number of rotatable bonds is 13. The number of hydrogen-bond acceptors (Lipinski definition) is 7. The van der Waals surface area contributed by atoms with Crippen LogP contribution in [-0.4, -0.2) is 62.6 Å². The Labute approximate surface area is 231 Å². The number of morpholine rings is 1. The molecule has 0 radical (unpaired) electrons. The molecule has 1 unspecified atom stereocenters. The fourth-order valence-electron chi connectivity index (χ4n) is 4.74. The maximum absolute atomic E-state index is 12.9. The van der Waals surface area contributed by atoms with E-state index in [0.717, 1.165) is 43.5 Å². The Morgan fingerprint density at radius 3 is 2.62 bits per heavy atom. The monoisotopic (exact) mass is 535 g/mol. The number of fused-ring (bicyclic) bond motifs is 1. The molecule has 2 aliphatic heterocycles. The molecule has 0 spiro atoms. The van der Waals surface area contributed by atoms with Crippen LogP contribution in [0, 0.1) is 5.92 Å². The Morgan fingerprint density at radius 1 is 1.05 bits per heavy atom. The maximum Gasteiger partial charge on any atom is 0.306 e. The lowest BCUT2D eigenvalue weighted by Gasteiger charge is -2.25. The highest BCUT2D eigenvalue weighted by molar-refractivity contribution is 6.04. The molecule has 8 nitrogen and oxygen atoms in total. The van der Waals surface area contributed by atoms with Gasteiger partial charge in [-0.2, -0.15) is 5.10 Å². The predicted molar refractivity (Wildman–Crippen MR) is 152 cm³/mol. The quantitative estimate of drug-likeness (QED) is 0.208. The summed E-state index contributed by atoms with van der Waals surface area (Å²) in [6.07, 6.45) is 9.91. The number of nitrogens with one attached hydrogen (secondary N) is 1. The maximum atomic E-state index is 12.9. The zero-order valence-corrected chi connectivity index (χ0v) is 23.0. The summed E-state index contributed by atoms with van der Waals surface area (Å²) in [5.41, 5.74) is 3.21. The van der Waals surface area contributed by atoms with E-state index in [2.05, 4.69) is 17.3 Å². The number of carbonyl (C=O) groups excluding carboxylic acids is 2. The Hall–Kier alpha value is -3.39. The average Bonchev–Trinajstić information content (AvgIpc) is 2.96. The van der Waals surface area contributed by atoms with Crippen molar-refractivity contribution in [3.63, 3.8) is 0 Å². The lowest BCUT2D eigenvalue weighted by Crippen LogP contribution is -2.32. The predicted octanol–water partition coefficient (Wildman–Crippen LogP) is 5.45.